The van der Waals surface area contributed by atoms with E-state index in [9.17, 15) is 9.50 Å². The maximum absolute atomic E-state index is 13.1. The molecule has 1 aromatic heterocycles. The number of aromatic nitrogens is 4. The summed E-state index contributed by atoms with van der Waals surface area (Å²) in [7, 11) is 0. The molecule has 0 saturated carbocycles. The van der Waals surface area contributed by atoms with Crippen molar-refractivity contribution in [3.05, 3.63) is 77.4 Å². The van der Waals surface area contributed by atoms with Crippen LogP contribution in [0.25, 0.3) is 0 Å². The molecule has 0 bridgehead atoms. The average molecular weight is 270 g/mol. The van der Waals surface area contributed by atoms with Gasteiger partial charge in [0.25, 0.3) is 0 Å². The number of aromatic amines is 1. The lowest BCUT2D eigenvalue weighted by molar-refractivity contribution is 0.115. The zero-order chi connectivity index (χ0) is 14.0. The van der Waals surface area contributed by atoms with Crippen LogP contribution in [0.4, 0.5) is 4.39 Å². The Morgan fingerprint density at radius 3 is 2.20 bits per heavy atom. The number of tetrazole rings is 1. The Morgan fingerprint density at radius 2 is 1.60 bits per heavy atom. The molecule has 20 heavy (non-hydrogen) atoms. The van der Waals surface area contributed by atoms with Crippen LogP contribution in [0.1, 0.15) is 17.0 Å². The number of H-pyrrole nitrogens is 1. The van der Waals surface area contributed by atoms with Gasteiger partial charge < -0.3 is 5.11 Å². The lowest BCUT2D eigenvalue weighted by Gasteiger charge is -2.25. The van der Waals surface area contributed by atoms with Gasteiger partial charge in [-0.05, 0) is 23.3 Å². The molecule has 2 aromatic carbocycles. The van der Waals surface area contributed by atoms with Crippen LogP contribution >= 0.6 is 0 Å². The Bertz CT molecular complexity index is 685. The molecule has 0 spiro atoms. The number of hydrogen-bond acceptors (Lipinski definition) is 4. The summed E-state index contributed by atoms with van der Waals surface area (Å²) in [5, 5.41) is 24.7. The van der Waals surface area contributed by atoms with E-state index < -0.39 is 5.60 Å². The van der Waals surface area contributed by atoms with Gasteiger partial charge in [0.1, 0.15) is 5.82 Å². The molecule has 0 fully saturated rings. The van der Waals surface area contributed by atoms with Crippen LogP contribution in [0, 0.1) is 5.82 Å². The summed E-state index contributed by atoms with van der Waals surface area (Å²) >= 11 is 0. The minimum absolute atomic E-state index is 0.107. The molecule has 6 heteroatoms. The summed E-state index contributed by atoms with van der Waals surface area (Å²) in [5.74, 6) is -0.271. The van der Waals surface area contributed by atoms with Crippen molar-refractivity contribution in [3.63, 3.8) is 0 Å². The summed E-state index contributed by atoms with van der Waals surface area (Å²) in [5.41, 5.74) is -0.540. The fourth-order valence-corrected chi connectivity index (χ4v) is 2.11. The number of rotatable bonds is 3. The van der Waals surface area contributed by atoms with Crippen molar-refractivity contribution in [2.45, 2.75) is 5.60 Å². The van der Waals surface area contributed by atoms with E-state index in [1.165, 1.54) is 24.3 Å². The molecule has 1 unspecified atom stereocenters. The highest BCUT2D eigenvalue weighted by molar-refractivity contribution is 5.41. The van der Waals surface area contributed by atoms with E-state index in [0.717, 1.165) is 0 Å². The lowest BCUT2D eigenvalue weighted by Crippen LogP contribution is -2.30. The number of nitrogens with zero attached hydrogens (tertiary/aromatic N) is 3. The van der Waals surface area contributed by atoms with Crippen LogP contribution < -0.4 is 0 Å². The normalized spacial score (nSPS) is 13.9. The monoisotopic (exact) mass is 270 g/mol. The molecule has 100 valence electrons. The van der Waals surface area contributed by atoms with Crippen LogP contribution in [-0.4, -0.2) is 25.7 Å². The van der Waals surface area contributed by atoms with Crippen LogP contribution in [-0.2, 0) is 5.60 Å². The molecule has 5 nitrogen and oxygen atoms in total. The molecular weight excluding hydrogens is 259 g/mol. The van der Waals surface area contributed by atoms with Crippen molar-refractivity contribution in [1.29, 1.82) is 0 Å². The SMILES string of the molecule is OC(c1ccccc1)(c1ccc(F)cc1)c1nn[nH]n1. The van der Waals surface area contributed by atoms with Gasteiger partial charge >= 0.3 is 0 Å². The molecule has 2 N–H and O–H groups in total. The highest BCUT2D eigenvalue weighted by atomic mass is 19.1. The third-order valence-electron chi connectivity index (χ3n) is 3.12. The second-order valence-corrected chi connectivity index (χ2v) is 4.32. The first-order valence-corrected chi connectivity index (χ1v) is 5.99. The zero-order valence-corrected chi connectivity index (χ0v) is 10.4. The summed E-state index contributed by atoms with van der Waals surface area (Å²) < 4.78 is 13.1. The molecule has 0 saturated heterocycles. The Kier molecular flexibility index (Phi) is 3.00. The first-order chi connectivity index (χ1) is 9.71. The molecule has 1 heterocycles. The molecular formula is C14H11FN4O. The van der Waals surface area contributed by atoms with Crippen molar-refractivity contribution in [3.8, 4) is 0 Å². The van der Waals surface area contributed by atoms with Gasteiger partial charge in [0.2, 0.25) is 5.82 Å². The Balaban J connectivity index is 2.21. The Labute approximate surface area is 114 Å². The molecule has 3 aromatic rings. The summed E-state index contributed by atoms with van der Waals surface area (Å²) in [4.78, 5) is 0. The van der Waals surface area contributed by atoms with Crippen molar-refractivity contribution < 1.29 is 9.50 Å². The highest BCUT2D eigenvalue weighted by Crippen LogP contribution is 2.33. The van der Waals surface area contributed by atoms with Gasteiger partial charge in [-0.25, -0.2) is 4.39 Å². The van der Waals surface area contributed by atoms with E-state index in [0.29, 0.717) is 11.1 Å². The fraction of sp³-hybridized carbons (Fsp3) is 0.0714. The van der Waals surface area contributed by atoms with Gasteiger partial charge in [0.15, 0.2) is 5.60 Å². The predicted octanol–water partition coefficient (Wildman–Crippen LogP) is 1.62. The van der Waals surface area contributed by atoms with Gasteiger partial charge in [-0.2, -0.15) is 5.21 Å². The Morgan fingerprint density at radius 1 is 0.950 bits per heavy atom. The maximum atomic E-state index is 13.1. The van der Waals surface area contributed by atoms with E-state index in [1.54, 1.807) is 24.3 Å². The van der Waals surface area contributed by atoms with Gasteiger partial charge in [-0.1, -0.05) is 47.7 Å². The fourth-order valence-electron chi connectivity index (χ4n) is 2.11. The van der Waals surface area contributed by atoms with Gasteiger partial charge in [-0.3, -0.25) is 0 Å². The third-order valence-corrected chi connectivity index (χ3v) is 3.12. The molecule has 0 amide bonds. The maximum Gasteiger partial charge on any atom is 0.215 e. The minimum atomic E-state index is -1.58. The number of aliphatic hydroxyl groups is 1. The van der Waals surface area contributed by atoms with Crippen molar-refractivity contribution in [2.24, 2.45) is 0 Å². The van der Waals surface area contributed by atoms with Crippen molar-refractivity contribution >= 4 is 0 Å². The Hall–Kier alpha value is -2.60. The van der Waals surface area contributed by atoms with E-state index in [-0.39, 0.29) is 11.6 Å². The standard InChI is InChI=1S/C14H11FN4O/c15-12-8-6-11(7-9-12)14(20,13-16-18-19-17-13)10-4-2-1-3-5-10/h1-9,20H,(H,16,17,18,19). The summed E-state index contributed by atoms with van der Waals surface area (Å²) in [6.07, 6.45) is 0. The summed E-state index contributed by atoms with van der Waals surface area (Å²) in [6.45, 7) is 0. The van der Waals surface area contributed by atoms with Crippen LogP contribution in [0.3, 0.4) is 0 Å². The van der Waals surface area contributed by atoms with Gasteiger partial charge in [0, 0.05) is 0 Å². The number of benzene rings is 2. The quantitative estimate of drug-likeness (QED) is 0.758. The second kappa shape index (κ2) is 4.82. The largest absolute Gasteiger partial charge is 0.373 e. The van der Waals surface area contributed by atoms with E-state index >= 15 is 0 Å². The van der Waals surface area contributed by atoms with Crippen LogP contribution in [0.2, 0.25) is 0 Å². The number of halogens is 1. The highest BCUT2D eigenvalue weighted by Gasteiger charge is 2.38. The average Bonchev–Trinajstić information content (AvgIpc) is 3.03. The van der Waals surface area contributed by atoms with E-state index in [2.05, 4.69) is 20.6 Å². The third kappa shape index (κ3) is 1.96. The second-order valence-electron chi connectivity index (χ2n) is 4.32. The van der Waals surface area contributed by atoms with Crippen LogP contribution in [0.5, 0.6) is 0 Å². The zero-order valence-electron chi connectivity index (χ0n) is 10.4. The van der Waals surface area contributed by atoms with Crippen molar-refractivity contribution in [1.82, 2.24) is 20.6 Å². The minimum Gasteiger partial charge on any atom is -0.373 e. The molecule has 0 radical (unpaired) electrons. The number of nitrogens with one attached hydrogen (secondary N) is 1. The van der Waals surface area contributed by atoms with Crippen molar-refractivity contribution in [2.75, 3.05) is 0 Å². The van der Waals surface area contributed by atoms with E-state index in [1.807, 2.05) is 6.07 Å². The molecule has 0 aliphatic rings. The summed E-state index contributed by atoms with van der Waals surface area (Å²) in [6, 6.07) is 14.5. The lowest BCUT2D eigenvalue weighted by atomic mass is 9.85. The predicted molar refractivity (Wildman–Crippen MR) is 69.1 cm³/mol. The molecule has 3 rings (SSSR count). The van der Waals surface area contributed by atoms with E-state index in [4.69, 9.17) is 0 Å². The van der Waals surface area contributed by atoms with Crippen LogP contribution in [0.15, 0.2) is 54.6 Å². The van der Waals surface area contributed by atoms with Gasteiger partial charge in [-0.15, -0.1) is 10.2 Å². The molecule has 0 aliphatic heterocycles. The first kappa shape index (κ1) is 12.4. The molecule has 1 atom stereocenters. The van der Waals surface area contributed by atoms with Gasteiger partial charge in [0.05, 0.1) is 0 Å². The smallest absolute Gasteiger partial charge is 0.215 e. The number of hydrogen-bond donors (Lipinski definition) is 2. The molecule has 0 aliphatic carbocycles. The first-order valence-electron chi connectivity index (χ1n) is 5.99. The topological polar surface area (TPSA) is 74.7 Å².